The van der Waals surface area contributed by atoms with Crippen LogP contribution in [0.4, 0.5) is 0 Å². The van der Waals surface area contributed by atoms with Gasteiger partial charge in [-0.25, -0.2) is 4.79 Å². The molecule has 5 atom stereocenters. The largest absolute Gasteiger partial charge is 0.455 e. The highest BCUT2D eigenvalue weighted by atomic mass is 16.5. The minimum atomic E-state index is -0.632. The average molecular weight is 607 g/mol. The van der Waals surface area contributed by atoms with E-state index in [2.05, 4.69) is 31.2 Å². The lowest BCUT2D eigenvalue weighted by Gasteiger charge is -2.17. The van der Waals surface area contributed by atoms with Crippen molar-refractivity contribution in [1.82, 2.24) is 0 Å². The monoisotopic (exact) mass is 606 g/mol. The number of rotatable bonds is 29. The van der Waals surface area contributed by atoms with Crippen LogP contribution in [0, 0.1) is 0 Å². The molecule has 1 heterocycles. The second-order valence-corrected chi connectivity index (χ2v) is 12.7. The second kappa shape index (κ2) is 26.9. The maximum Gasteiger partial charge on any atom is 0.334 e. The number of ether oxygens (including phenoxy) is 1. The highest BCUT2D eigenvalue weighted by Crippen LogP contribution is 2.21. The molecule has 0 fully saturated rings. The lowest BCUT2D eigenvalue weighted by atomic mass is 10.0. The maximum absolute atomic E-state index is 11.6. The summed E-state index contributed by atoms with van der Waals surface area (Å²) in [6, 6.07) is 0. The summed E-state index contributed by atoms with van der Waals surface area (Å²) in [4.78, 5) is 11.6. The van der Waals surface area contributed by atoms with Crippen molar-refractivity contribution in [3.63, 3.8) is 0 Å². The summed E-state index contributed by atoms with van der Waals surface area (Å²) in [5.74, 6) is -0.308. The smallest absolute Gasteiger partial charge is 0.334 e. The van der Waals surface area contributed by atoms with Crippen LogP contribution >= 0.6 is 0 Å². The van der Waals surface area contributed by atoms with Gasteiger partial charge in [-0.1, -0.05) is 115 Å². The molecule has 6 nitrogen and oxygen atoms in total. The van der Waals surface area contributed by atoms with Gasteiger partial charge >= 0.3 is 5.97 Å². The first-order valence-electron chi connectivity index (χ1n) is 17.8. The number of hydrogen-bond donors (Lipinski definition) is 4. The van der Waals surface area contributed by atoms with Gasteiger partial charge in [-0.3, -0.25) is 0 Å². The minimum absolute atomic E-state index is 0.191. The van der Waals surface area contributed by atoms with E-state index in [0.29, 0.717) is 31.3 Å². The Morgan fingerprint density at radius 2 is 1.09 bits per heavy atom. The van der Waals surface area contributed by atoms with Gasteiger partial charge in [-0.05, 0) is 70.8 Å². The van der Waals surface area contributed by atoms with Crippen LogP contribution < -0.4 is 0 Å². The molecule has 0 radical (unpaired) electrons. The molecular formula is C37H66O6. The molecule has 0 bridgehead atoms. The molecule has 1 aliphatic heterocycles. The minimum Gasteiger partial charge on any atom is -0.455 e. The van der Waals surface area contributed by atoms with Crippen LogP contribution in [0.1, 0.15) is 162 Å². The molecule has 0 saturated heterocycles. The van der Waals surface area contributed by atoms with Gasteiger partial charge in [0.2, 0.25) is 0 Å². The van der Waals surface area contributed by atoms with Gasteiger partial charge in [0.1, 0.15) is 6.10 Å². The molecule has 0 aliphatic carbocycles. The van der Waals surface area contributed by atoms with Crippen molar-refractivity contribution in [2.45, 2.75) is 192 Å². The summed E-state index contributed by atoms with van der Waals surface area (Å²) in [6.07, 6.45) is 31.1. The zero-order valence-electron chi connectivity index (χ0n) is 27.6. The summed E-state index contributed by atoms with van der Waals surface area (Å²) in [6.45, 7) is 4.07. The molecule has 1 aliphatic rings. The Balaban J connectivity index is 1.91. The highest BCUT2D eigenvalue weighted by Gasteiger charge is 2.24. The van der Waals surface area contributed by atoms with Gasteiger partial charge in [0.05, 0.1) is 24.4 Å². The van der Waals surface area contributed by atoms with Crippen LogP contribution in [0.15, 0.2) is 36.0 Å². The Morgan fingerprint density at radius 3 is 1.67 bits per heavy atom. The van der Waals surface area contributed by atoms with Crippen molar-refractivity contribution < 1.29 is 30.0 Å². The van der Waals surface area contributed by atoms with Crippen LogP contribution in [-0.2, 0) is 9.53 Å². The highest BCUT2D eigenvalue weighted by molar-refractivity contribution is 5.90. The predicted octanol–water partition coefficient (Wildman–Crippen LogP) is 8.41. The molecule has 0 amide bonds. The molecule has 0 saturated carbocycles. The molecule has 250 valence electrons. The topological polar surface area (TPSA) is 107 Å². The summed E-state index contributed by atoms with van der Waals surface area (Å²) < 4.78 is 5.06. The molecule has 0 aromatic carbocycles. The van der Waals surface area contributed by atoms with Crippen molar-refractivity contribution >= 4 is 5.97 Å². The van der Waals surface area contributed by atoms with Gasteiger partial charge in [0.15, 0.2) is 0 Å². The number of aliphatic hydroxyl groups is 4. The van der Waals surface area contributed by atoms with Gasteiger partial charge in [0.25, 0.3) is 0 Å². The lowest BCUT2D eigenvalue weighted by molar-refractivity contribution is -0.139. The van der Waals surface area contributed by atoms with E-state index in [4.69, 9.17) is 4.74 Å². The third-order valence-corrected chi connectivity index (χ3v) is 8.45. The standard InChI is InChI=1S/C37H66O6/c1-3-4-5-6-7-8-9-13-16-22-27-35(40)36(41)28-23-17-14-11-10-12-15-19-24-33(38)25-20-18-21-26-34(39)30-32-29-31(2)43-37(32)42/h12,14-15,17,29,31,33-36,38-41H,3-11,13,16,18-28,30H2,1-2H3/b15-12+,17-14+/t31-,33-,34+,35+,36+/m1/s1. The zero-order chi connectivity index (χ0) is 31.5. The first kappa shape index (κ1) is 39.6. The number of esters is 1. The fraction of sp³-hybridized carbons (Fsp3) is 0.811. The fourth-order valence-corrected chi connectivity index (χ4v) is 5.66. The van der Waals surface area contributed by atoms with E-state index in [1.807, 2.05) is 6.92 Å². The van der Waals surface area contributed by atoms with Crippen molar-refractivity contribution in [3.05, 3.63) is 36.0 Å². The Kier molecular flexibility index (Phi) is 24.7. The molecule has 0 aromatic rings. The van der Waals surface area contributed by atoms with Gasteiger partial charge < -0.3 is 25.2 Å². The number of cyclic esters (lactones) is 1. The molecule has 0 spiro atoms. The summed E-state index contributed by atoms with van der Waals surface area (Å²) in [5.41, 5.74) is 0.584. The molecule has 6 heteroatoms. The van der Waals surface area contributed by atoms with Crippen molar-refractivity contribution in [1.29, 1.82) is 0 Å². The molecule has 4 N–H and O–H groups in total. The van der Waals surface area contributed by atoms with E-state index in [9.17, 15) is 25.2 Å². The van der Waals surface area contributed by atoms with Crippen molar-refractivity contribution in [2.24, 2.45) is 0 Å². The third-order valence-electron chi connectivity index (χ3n) is 8.45. The fourth-order valence-electron chi connectivity index (χ4n) is 5.66. The molecule has 0 unspecified atom stereocenters. The van der Waals surface area contributed by atoms with Crippen LogP contribution in [0.5, 0.6) is 0 Å². The Labute approximate surface area is 263 Å². The zero-order valence-corrected chi connectivity index (χ0v) is 27.6. The van der Waals surface area contributed by atoms with Crippen LogP contribution in [-0.4, -0.2) is 56.9 Å². The normalized spacial score (nSPS) is 18.3. The Hall–Kier alpha value is -1.47. The summed E-state index contributed by atoms with van der Waals surface area (Å²) in [7, 11) is 0. The summed E-state index contributed by atoms with van der Waals surface area (Å²) in [5, 5.41) is 40.8. The lowest BCUT2D eigenvalue weighted by Crippen LogP contribution is -2.25. The van der Waals surface area contributed by atoms with Gasteiger partial charge in [0, 0.05) is 12.0 Å². The van der Waals surface area contributed by atoms with Gasteiger partial charge in [-0.15, -0.1) is 0 Å². The number of allylic oxidation sites excluding steroid dienone is 4. The SMILES string of the molecule is CCCCCCCCCCCC[C@H](O)[C@@H](O)CC/C=C/CC/C=C/CC[C@@H](O)CCCCC[C@H](O)CC1=C[C@@H](C)OC1=O. The molecule has 43 heavy (non-hydrogen) atoms. The van der Waals surface area contributed by atoms with E-state index >= 15 is 0 Å². The Bertz CT molecular complexity index is 760. The molecular weight excluding hydrogens is 540 g/mol. The average Bonchev–Trinajstić information content (AvgIpc) is 3.30. The van der Waals surface area contributed by atoms with E-state index in [0.717, 1.165) is 70.6 Å². The number of unbranched alkanes of at least 4 members (excludes halogenated alkanes) is 12. The Morgan fingerprint density at radius 1 is 0.628 bits per heavy atom. The van der Waals surface area contributed by atoms with E-state index in [-0.39, 0.29) is 18.2 Å². The first-order valence-corrected chi connectivity index (χ1v) is 17.8. The molecule has 0 aromatic heterocycles. The van der Waals surface area contributed by atoms with Crippen molar-refractivity contribution in [3.8, 4) is 0 Å². The maximum atomic E-state index is 11.6. The predicted molar refractivity (Wildman–Crippen MR) is 178 cm³/mol. The quantitative estimate of drug-likeness (QED) is 0.0387. The number of carbonyl (C=O) groups excluding carboxylic acids is 1. The van der Waals surface area contributed by atoms with E-state index in [1.54, 1.807) is 6.08 Å². The van der Waals surface area contributed by atoms with Crippen LogP contribution in [0.25, 0.3) is 0 Å². The van der Waals surface area contributed by atoms with E-state index < -0.39 is 18.3 Å². The van der Waals surface area contributed by atoms with Crippen LogP contribution in [0.2, 0.25) is 0 Å². The third kappa shape index (κ3) is 22.7. The number of carbonyl (C=O) groups is 1. The van der Waals surface area contributed by atoms with Gasteiger partial charge in [-0.2, -0.15) is 0 Å². The van der Waals surface area contributed by atoms with E-state index in [1.165, 1.54) is 51.4 Å². The molecule has 1 rings (SSSR count). The second-order valence-electron chi connectivity index (χ2n) is 12.7. The van der Waals surface area contributed by atoms with Crippen molar-refractivity contribution in [2.75, 3.05) is 0 Å². The number of hydrogen-bond acceptors (Lipinski definition) is 6. The number of aliphatic hydroxyl groups excluding tert-OH is 4. The first-order chi connectivity index (χ1) is 20.8. The van der Waals surface area contributed by atoms with Crippen LogP contribution in [0.3, 0.4) is 0 Å². The summed E-state index contributed by atoms with van der Waals surface area (Å²) >= 11 is 0.